The fourth-order valence-electron chi connectivity index (χ4n) is 0.939. The van der Waals surface area contributed by atoms with Gasteiger partial charge in [-0.2, -0.15) is 16.4 Å². The fraction of sp³-hybridized carbons (Fsp3) is 0.750. The van der Waals surface area contributed by atoms with Crippen molar-refractivity contribution in [2.75, 3.05) is 13.1 Å². The van der Waals surface area contributed by atoms with E-state index in [4.69, 9.17) is 29.0 Å². The van der Waals surface area contributed by atoms with Crippen LogP contribution in [0.15, 0.2) is 12.8 Å². The van der Waals surface area contributed by atoms with E-state index in [0.29, 0.717) is 13.1 Å². The van der Waals surface area contributed by atoms with Crippen LogP contribution in [-0.2, 0) is 0 Å². The number of halogens is 5. The molecule has 9 heteroatoms. The summed E-state index contributed by atoms with van der Waals surface area (Å²) in [6.45, 7) is 4.81. The van der Waals surface area contributed by atoms with E-state index < -0.39 is 0 Å². The van der Waals surface area contributed by atoms with Crippen molar-refractivity contribution in [1.82, 2.24) is 0 Å². The number of hydrogen-bond donors (Lipinski definition) is 3. The summed E-state index contributed by atoms with van der Waals surface area (Å²) in [6, 6.07) is 0. The van der Waals surface area contributed by atoms with Gasteiger partial charge in [-0.15, -0.1) is 48.8 Å². The van der Waals surface area contributed by atoms with Crippen LogP contribution in [0.3, 0.4) is 0 Å². The highest BCUT2D eigenvalue weighted by atomic mass is 35.5. The molecule has 0 saturated carbocycles. The van der Waals surface area contributed by atoms with E-state index in [9.17, 15) is 0 Å². The summed E-state index contributed by atoms with van der Waals surface area (Å²) in [5.41, 5.74) is 5.36. The molecule has 0 amide bonds. The number of hydrogen-bond acceptors (Lipinski definition) is 3. The third kappa shape index (κ3) is 19.5. The summed E-state index contributed by atoms with van der Waals surface area (Å²) in [7, 11) is 0. The van der Waals surface area contributed by atoms with Crippen LogP contribution in [0.5, 0.6) is 0 Å². The molecule has 1 unspecified atom stereocenters. The summed E-state index contributed by atoms with van der Waals surface area (Å²) >= 11 is 6.01. The van der Waals surface area contributed by atoms with Crippen molar-refractivity contribution in [3.8, 4) is 0 Å². The lowest BCUT2D eigenvalue weighted by atomic mass is 10.2. The second kappa shape index (κ2) is 17.0. The predicted molar refractivity (Wildman–Crippen MR) is 78.0 cm³/mol. The summed E-state index contributed by atoms with van der Waals surface area (Å²) in [4.78, 5) is 0. The van der Waals surface area contributed by atoms with Gasteiger partial charge in [-0.1, -0.05) is 0 Å². The van der Waals surface area contributed by atoms with E-state index in [0.717, 1.165) is 19.3 Å². The van der Waals surface area contributed by atoms with Crippen molar-refractivity contribution in [1.29, 1.82) is 0 Å². The van der Waals surface area contributed by atoms with Crippen LogP contribution in [0.4, 0.5) is 0 Å². The zero-order valence-corrected chi connectivity index (χ0v) is 13.5. The molecule has 0 aromatic heterocycles. The number of rotatable bonds is 7. The molecule has 0 radical (unpaired) electrons. The quantitative estimate of drug-likeness (QED) is 0.231. The van der Waals surface area contributed by atoms with Gasteiger partial charge >= 0.3 is 0 Å². The molecule has 0 aliphatic carbocycles. The van der Waals surface area contributed by atoms with Gasteiger partial charge in [-0.05, 0) is 26.0 Å². The largest absolute Gasteiger partial charge is 1.00 e. The smallest absolute Gasteiger partial charge is 0.127 e. The summed E-state index contributed by atoms with van der Waals surface area (Å²) < 4.78 is -0.175. The molecule has 0 saturated heterocycles. The number of nitrogens with zero attached hydrogens (tertiary/aromatic N) is 1. The zero-order chi connectivity index (χ0) is 10.3. The molecule has 0 bridgehead atoms. The number of quaternary nitrogens is 1. The van der Waals surface area contributed by atoms with Crippen molar-refractivity contribution >= 4 is 48.8 Å². The molecular formula is C8H23Cl5N4. The molecule has 6 N–H and O–H groups in total. The van der Waals surface area contributed by atoms with E-state index in [2.05, 4.69) is 6.58 Å². The van der Waals surface area contributed by atoms with Crippen LogP contribution in [0.25, 0.3) is 0 Å². The van der Waals surface area contributed by atoms with E-state index in [1.165, 1.54) is 6.20 Å². The van der Waals surface area contributed by atoms with E-state index >= 15 is 0 Å². The summed E-state index contributed by atoms with van der Waals surface area (Å²) in [5, 5.41) is 0.105. The highest BCUT2D eigenvalue weighted by molar-refractivity contribution is 6.20. The molecule has 0 rings (SSSR count). The molecule has 0 aromatic rings. The molecule has 0 aliphatic heterocycles. The van der Waals surface area contributed by atoms with Gasteiger partial charge in [0.15, 0.2) is 0 Å². The van der Waals surface area contributed by atoms with Gasteiger partial charge in [0.05, 0.1) is 0 Å². The van der Waals surface area contributed by atoms with Crippen molar-refractivity contribution < 1.29 is 17.1 Å². The Hall–Kier alpha value is 1.03. The highest BCUT2D eigenvalue weighted by Gasteiger charge is 2.15. The Balaban J connectivity index is -0.000000120. The maximum Gasteiger partial charge on any atom is 0.127 e. The van der Waals surface area contributed by atoms with Crippen molar-refractivity contribution in [3.05, 3.63) is 12.8 Å². The standard InChI is InChI=1S/C8H20ClN4.4ClH/c1-2-13(11,12)7-5-8(9)4-3-6-10;;;;/h2,8H,1,3-7,10-12H2;4*1H/q+1;;;;/p-1. The average molecular weight is 353 g/mol. The van der Waals surface area contributed by atoms with Crippen LogP contribution < -0.4 is 29.8 Å². The molecule has 0 heterocycles. The fourth-order valence-corrected chi connectivity index (χ4v) is 1.19. The van der Waals surface area contributed by atoms with Crippen LogP contribution in [-0.4, -0.2) is 23.2 Å². The van der Waals surface area contributed by atoms with Crippen LogP contribution in [0.1, 0.15) is 19.3 Å². The van der Waals surface area contributed by atoms with Gasteiger partial charge in [0.1, 0.15) is 12.7 Å². The second-order valence-corrected chi connectivity index (χ2v) is 3.84. The van der Waals surface area contributed by atoms with Gasteiger partial charge in [0, 0.05) is 11.8 Å². The lowest BCUT2D eigenvalue weighted by molar-refractivity contribution is -0.903. The maximum absolute atomic E-state index is 6.01. The molecule has 1 atom stereocenters. The lowest BCUT2D eigenvalue weighted by Gasteiger charge is -2.22. The average Bonchev–Trinajstić information content (AvgIpc) is 2.11. The minimum atomic E-state index is -0.175. The lowest BCUT2D eigenvalue weighted by Crippen LogP contribution is -3.00. The summed E-state index contributed by atoms with van der Waals surface area (Å²) in [6.07, 6.45) is 4.12. The molecule has 0 aliphatic rings. The first kappa shape index (κ1) is 30.8. The molecule has 110 valence electrons. The van der Waals surface area contributed by atoms with Crippen LogP contribution in [0, 0.1) is 0 Å². The van der Waals surface area contributed by atoms with Crippen molar-refractivity contribution in [2.24, 2.45) is 17.4 Å². The Morgan fingerprint density at radius 2 is 1.65 bits per heavy atom. The number of nitrogens with two attached hydrogens (primary N) is 3. The predicted octanol–water partition coefficient (Wildman–Crippen LogP) is -1.30. The minimum absolute atomic E-state index is 0. The zero-order valence-electron chi connectivity index (χ0n) is 9.56. The molecule has 0 spiro atoms. The topological polar surface area (TPSA) is 78.1 Å². The number of alkyl halides is 1. The molecule has 17 heavy (non-hydrogen) atoms. The molecule has 4 nitrogen and oxygen atoms in total. The van der Waals surface area contributed by atoms with Crippen LogP contribution in [0.2, 0.25) is 0 Å². The highest BCUT2D eigenvalue weighted by Crippen LogP contribution is 2.10. The minimum Gasteiger partial charge on any atom is -1.00 e. The van der Waals surface area contributed by atoms with Gasteiger partial charge in [-0.3, -0.25) is 0 Å². The summed E-state index contributed by atoms with van der Waals surface area (Å²) in [5.74, 6) is 11.2. The van der Waals surface area contributed by atoms with E-state index in [1.807, 2.05) is 0 Å². The van der Waals surface area contributed by atoms with Crippen molar-refractivity contribution in [2.45, 2.75) is 24.6 Å². The first-order valence-corrected chi connectivity index (χ1v) is 4.88. The maximum atomic E-state index is 6.01. The van der Waals surface area contributed by atoms with E-state index in [-0.39, 0.29) is 59.7 Å². The Morgan fingerprint density at radius 3 is 2.00 bits per heavy atom. The van der Waals surface area contributed by atoms with Crippen LogP contribution >= 0.6 is 48.8 Å². The molecule has 0 fully saturated rings. The Morgan fingerprint density at radius 1 is 1.18 bits per heavy atom. The molecule has 0 aromatic carbocycles. The third-order valence-electron chi connectivity index (χ3n) is 1.89. The van der Waals surface area contributed by atoms with Gasteiger partial charge < -0.3 is 18.1 Å². The normalized spacial score (nSPS) is 10.8. The van der Waals surface area contributed by atoms with Gasteiger partial charge in [-0.25, -0.2) is 0 Å². The Bertz CT molecular complexity index is 159. The first-order valence-electron chi connectivity index (χ1n) is 4.44. The first-order chi connectivity index (χ1) is 6.02. The van der Waals surface area contributed by atoms with Gasteiger partial charge in [0.25, 0.3) is 0 Å². The van der Waals surface area contributed by atoms with Crippen molar-refractivity contribution in [3.63, 3.8) is 0 Å². The second-order valence-electron chi connectivity index (χ2n) is 3.22. The monoisotopic (exact) mass is 350 g/mol. The molecular weight excluding hydrogens is 329 g/mol. The Kier molecular flexibility index (Phi) is 30.9. The Labute approximate surface area is 133 Å². The SMILES string of the molecule is C=C[N+](N)(N)CCC(Cl)CCCN.Cl.Cl.Cl.[Cl-]. The van der Waals surface area contributed by atoms with Gasteiger partial charge in [0.2, 0.25) is 0 Å². The third-order valence-corrected chi connectivity index (χ3v) is 2.33. The van der Waals surface area contributed by atoms with E-state index in [1.54, 1.807) is 0 Å².